The number of rotatable bonds is 6. The molecule has 2 unspecified atom stereocenters. The highest BCUT2D eigenvalue weighted by Crippen LogP contribution is 2.12. The maximum Gasteiger partial charge on any atom is 0.0936 e. The van der Waals surface area contributed by atoms with Crippen LogP contribution in [0.4, 0.5) is 0 Å². The second-order valence-electron chi connectivity index (χ2n) is 5.82. The van der Waals surface area contributed by atoms with Gasteiger partial charge >= 0.3 is 0 Å². The van der Waals surface area contributed by atoms with Crippen LogP contribution in [0.3, 0.4) is 0 Å². The molecule has 0 radical (unpaired) electrons. The van der Waals surface area contributed by atoms with Crippen molar-refractivity contribution in [3.05, 3.63) is 35.9 Å². The standard InChI is InChI=1S/C17H25NO4/c1-2-4-15(5-3-1)10-18(11-16-13-19-6-8-21-16)12-17-14-20-7-9-22-17/h1-5,16-17H,6-14H2. The molecule has 2 saturated heterocycles. The monoisotopic (exact) mass is 307 g/mol. The third kappa shape index (κ3) is 5.04. The van der Waals surface area contributed by atoms with Gasteiger partial charge in [-0.3, -0.25) is 4.90 Å². The normalized spacial score (nSPS) is 26.2. The van der Waals surface area contributed by atoms with Crippen molar-refractivity contribution in [1.82, 2.24) is 4.90 Å². The van der Waals surface area contributed by atoms with E-state index >= 15 is 0 Å². The third-order valence-corrected chi connectivity index (χ3v) is 3.94. The number of hydrogen-bond acceptors (Lipinski definition) is 5. The van der Waals surface area contributed by atoms with Gasteiger partial charge in [0, 0.05) is 19.6 Å². The molecule has 2 atom stereocenters. The molecule has 1 aromatic rings. The first-order valence-electron chi connectivity index (χ1n) is 8.05. The summed E-state index contributed by atoms with van der Waals surface area (Å²) < 4.78 is 22.6. The SMILES string of the molecule is c1ccc(CN(CC2COCCO2)CC2COCCO2)cc1. The van der Waals surface area contributed by atoms with Gasteiger partial charge in [-0.05, 0) is 5.56 Å². The molecule has 122 valence electrons. The van der Waals surface area contributed by atoms with E-state index in [0.717, 1.165) is 19.6 Å². The Hall–Kier alpha value is -0.980. The van der Waals surface area contributed by atoms with Crippen LogP contribution in [0.5, 0.6) is 0 Å². The molecule has 0 bridgehead atoms. The molecule has 0 aromatic heterocycles. The van der Waals surface area contributed by atoms with E-state index in [-0.39, 0.29) is 12.2 Å². The van der Waals surface area contributed by atoms with Crippen molar-refractivity contribution in [2.24, 2.45) is 0 Å². The van der Waals surface area contributed by atoms with Gasteiger partial charge in [-0.2, -0.15) is 0 Å². The highest BCUT2D eigenvalue weighted by atomic mass is 16.6. The van der Waals surface area contributed by atoms with Crippen molar-refractivity contribution in [2.75, 3.05) is 52.7 Å². The maximum atomic E-state index is 5.80. The molecular formula is C17H25NO4. The Bertz CT molecular complexity index is 396. The van der Waals surface area contributed by atoms with Crippen molar-refractivity contribution < 1.29 is 18.9 Å². The molecule has 5 nitrogen and oxygen atoms in total. The Labute approximate surface area is 132 Å². The van der Waals surface area contributed by atoms with E-state index < -0.39 is 0 Å². The Morgan fingerprint density at radius 1 is 0.818 bits per heavy atom. The van der Waals surface area contributed by atoms with Gasteiger partial charge in [0.15, 0.2) is 0 Å². The minimum Gasteiger partial charge on any atom is -0.376 e. The van der Waals surface area contributed by atoms with E-state index in [1.807, 2.05) is 6.07 Å². The summed E-state index contributed by atoms with van der Waals surface area (Å²) in [4.78, 5) is 2.38. The Morgan fingerprint density at radius 2 is 1.41 bits per heavy atom. The molecular weight excluding hydrogens is 282 g/mol. The fourth-order valence-electron chi connectivity index (χ4n) is 2.91. The van der Waals surface area contributed by atoms with Gasteiger partial charge in [-0.15, -0.1) is 0 Å². The van der Waals surface area contributed by atoms with Crippen LogP contribution < -0.4 is 0 Å². The van der Waals surface area contributed by atoms with Crippen LogP contribution in [0, 0.1) is 0 Å². The molecule has 3 rings (SSSR count). The minimum atomic E-state index is 0.141. The van der Waals surface area contributed by atoms with Crippen LogP contribution in [-0.2, 0) is 25.5 Å². The average Bonchev–Trinajstić information content (AvgIpc) is 2.57. The summed E-state index contributed by atoms with van der Waals surface area (Å²) in [5.74, 6) is 0. The van der Waals surface area contributed by atoms with Gasteiger partial charge in [0.05, 0.1) is 51.8 Å². The first-order valence-corrected chi connectivity index (χ1v) is 8.05. The quantitative estimate of drug-likeness (QED) is 0.793. The molecule has 2 aliphatic rings. The van der Waals surface area contributed by atoms with Gasteiger partial charge in [-0.1, -0.05) is 30.3 Å². The molecule has 22 heavy (non-hydrogen) atoms. The Kier molecular flexibility index (Phi) is 6.21. The number of ether oxygens (including phenoxy) is 4. The predicted molar refractivity (Wildman–Crippen MR) is 82.8 cm³/mol. The van der Waals surface area contributed by atoms with E-state index in [9.17, 15) is 0 Å². The van der Waals surface area contributed by atoms with E-state index in [1.54, 1.807) is 0 Å². The summed E-state index contributed by atoms with van der Waals surface area (Å²) in [5.41, 5.74) is 1.30. The maximum absolute atomic E-state index is 5.80. The van der Waals surface area contributed by atoms with Gasteiger partial charge in [-0.25, -0.2) is 0 Å². The summed E-state index contributed by atoms with van der Waals surface area (Å²) in [5, 5.41) is 0. The molecule has 5 heteroatoms. The lowest BCUT2D eigenvalue weighted by atomic mass is 10.2. The fraction of sp³-hybridized carbons (Fsp3) is 0.647. The van der Waals surface area contributed by atoms with Crippen molar-refractivity contribution in [2.45, 2.75) is 18.8 Å². The van der Waals surface area contributed by atoms with Gasteiger partial charge in [0.2, 0.25) is 0 Å². The molecule has 0 saturated carbocycles. The summed E-state index contributed by atoms with van der Waals surface area (Å²) >= 11 is 0. The zero-order chi connectivity index (χ0) is 15.0. The number of nitrogens with zero attached hydrogens (tertiary/aromatic N) is 1. The molecule has 2 heterocycles. The van der Waals surface area contributed by atoms with Crippen molar-refractivity contribution in [3.63, 3.8) is 0 Å². The van der Waals surface area contributed by atoms with Gasteiger partial charge < -0.3 is 18.9 Å². The molecule has 1 aromatic carbocycles. The molecule has 0 aliphatic carbocycles. The molecule has 0 N–H and O–H groups in total. The van der Waals surface area contributed by atoms with E-state index in [4.69, 9.17) is 18.9 Å². The van der Waals surface area contributed by atoms with E-state index in [1.165, 1.54) is 5.56 Å². The van der Waals surface area contributed by atoms with Crippen molar-refractivity contribution in [3.8, 4) is 0 Å². The van der Waals surface area contributed by atoms with Crippen LogP contribution in [0.15, 0.2) is 30.3 Å². The highest BCUT2D eigenvalue weighted by molar-refractivity contribution is 5.14. The first kappa shape index (κ1) is 15.9. The van der Waals surface area contributed by atoms with Gasteiger partial charge in [0.25, 0.3) is 0 Å². The average molecular weight is 307 g/mol. The van der Waals surface area contributed by atoms with Crippen LogP contribution in [-0.4, -0.2) is 69.8 Å². The zero-order valence-corrected chi connectivity index (χ0v) is 13.0. The fourth-order valence-corrected chi connectivity index (χ4v) is 2.91. The Balaban J connectivity index is 1.58. The summed E-state index contributed by atoms with van der Waals surface area (Å²) in [7, 11) is 0. The summed E-state index contributed by atoms with van der Waals surface area (Å²) in [6.07, 6.45) is 0.281. The zero-order valence-electron chi connectivity index (χ0n) is 13.0. The van der Waals surface area contributed by atoms with Crippen LogP contribution >= 0.6 is 0 Å². The number of hydrogen-bond donors (Lipinski definition) is 0. The topological polar surface area (TPSA) is 40.2 Å². The molecule has 0 amide bonds. The first-order chi connectivity index (χ1) is 10.9. The van der Waals surface area contributed by atoms with Crippen molar-refractivity contribution in [1.29, 1.82) is 0 Å². The second-order valence-corrected chi connectivity index (χ2v) is 5.82. The summed E-state index contributed by atoms with van der Waals surface area (Å²) in [6.45, 7) is 6.73. The highest BCUT2D eigenvalue weighted by Gasteiger charge is 2.23. The molecule has 2 fully saturated rings. The van der Waals surface area contributed by atoms with Crippen molar-refractivity contribution >= 4 is 0 Å². The predicted octanol–water partition coefficient (Wildman–Crippen LogP) is 1.32. The van der Waals surface area contributed by atoms with Gasteiger partial charge in [0.1, 0.15) is 0 Å². The lowest BCUT2D eigenvalue weighted by molar-refractivity contribution is -0.117. The third-order valence-electron chi connectivity index (χ3n) is 3.94. The molecule has 0 spiro atoms. The minimum absolute atomic E-state index is 0.141. The smallest absolute Gasteiger partial charge is 0.0936 e. The van der Waals surface area contributed by atoms with Crippen LogP contribution in [0.1, 0.15) is 5.56 Å². The lowest BCUT2D eigenvalue weighted by Crippen LogP contribution is -2.45. The lowest BCUT2D eigenvalue weighted by Gasteiger charge is -2.33. The van der Waals surface area contributed by atoms with E-state index in [2.05, 4.69) is 29.2 Å². The van der Waals surface area contributed by atoms with Crippen LogP contribution in [0.25, 0.3) is 0 Å². The largest absolute Gasteiger partial charge is 0.376 e. The second kappa shape index (κ2) is 8.60. The Morgan fingerprint density at radius 3 is 1.91 bits per heavy atom. The number of benzene rings is 1. The van der Waals surface area contributed by atoms with Crippen LogP contribution in [0.2, 0.25) is 0 Å². The summed E-state index contributed by atoms with van der Waals surface area (Å²) in [6, 6.07) is 10.5. The molecule has 2 aliphatic heterocycles. The van der Waals surface area contributed by atoms with E-state index in [0.29, 0.717) is 39.6 Å².